The maximum Gasteiger partial charge on any atom is 0.244 e. The highest BCUT2D eigenvalue weighted by Gasteiger charge is 2.21. The van der Waals surface area contributed by atoms with Crippen LogP contribution in [-0.2, 0) is 21.4 Å². The number of nitrogens with zero attached hydrogens (tertiary/aromatic N) is 5. The Morgan fingerprint density at radius 2 is 2.00 bits per heavy atom. The van der Waals surface area contributed by atoms with Crippen molar-refractivity contribution in [3.8, 4) is 17.1 Å². The molecule has 0 fully saturated rings. The molecule has 0 radical (unpaired) electrons. The number of hydrogen-bond donors (Lipinski definition) is 2. The van der Waals surface area contributed by atoms with Gasteiger partial charge in [0.2, 0.25) is 21.8 Å². The normalized spacial score (nSPS) is 11.3. The summed E-state index contributed by atoms with van der Waals surface area (Å²) in [6.07, 6.45) is 3.34. The zero-order valence-corrected chi connectivity index (χ0v) is 15.6. The molecule has 1 amide bonds. The van der Waals surface area contributed by atoms with Crippen LogP contribution in [0.25, 0.3) is 11.4 Å². The van der Waals surface area contributed by atoms with Crippen LogP contribution in [0.3, 0.4) is 0 Å². The molecule has 0 atom stereocenters. The number of nitrogens with two attached hydrogens (primary N) is 1. The fourth-order valence-corrected chi connectivity index (χ4v) is 3.49. The molecule has 0 saturated heterocycles. The molecule has 12 heteroatoms. The lowest BCUT2D eigenvalue weighted by molar-refractivity contribution is -0.116. The van der Waals surface area contributed by atoms with E-state index in [0.29, 0.717) is 17.9 Å². The summed E-state index contributed by atoms with van der Waals surface area (Å²) in [5.41, 5.74) is 6.46. The molecule has 1 aromatic carbocycles. The Labute approximate surface area is 160 Å². The minimum atomic E-state index is -3.98. The first-order chi connectivity index (χ1) is 13.4. The van der Waals surface area contributed by atoms with Crippen molar-refractivity contribution in [3.05, 3.63) is 48.3 Å². The monoisotopic (exact) mass is 403 g/mol. The third-order valence-electron chi connectivity index (χ3n) is 3.67. The molecule has 2 heterocycles. The van der Waals surface area contributed by atoms with Gasteiger partial charge in [-0.1, -0.05) is 0 Å². The predicted molar refractivity (Wildman–Crippen MR) is 97.5 cm³/mol. The molecule has 28 heavy (non-hydrogen) atoms. The van der Waals surface area contributed by atoms with Crippen LogP contribution >= 0.6 is 0 Å². The summed E-state index contributed by atoms with van der Waals surface area (Å²) in [6, 6.07) is 8.01. The molecule has 3 rings (SSSR count). The Bertz CT molecular complexity index is 1080. The van der Waals surface area contributed by atoms with Gasteiger partial charge in [0.15, 0.2) is 0 Å². The Hall–Kier alpha value is -3.38. The number of tetrazole rings is 1. The summed E-state index contributed by atoms with van der Waals surface area (Å²) in [6.45, 7) is -0.103. The van der Waals surface area contributed by atoms with Gasteiger partial charge in [0, 0.05) is 18.0 Å². The fourth-order valence-electron chi connectivity index (χ4n) is 2.35. The van der Waals surface area contributed by atoms with Crippen LogP contribution in [0.5, 0.6) is 5.75 Å². The molecule has 2 aromatic heterocycles. The minimum absolute atomic E-state index is 0.0694. The van der Waals surface area contributed by atoms with Gasteiger partial charge in [0.05, 0.1) is 20.2 Å². The highest BCUT2D eigenvalue weighted by Crippen LogP contribution is 2.28. The molecule has 3 aromatic rings. The number of pyridine rings is 1. The maximum atomic E-state index is 12.3. The number of aromatic nitrogens is 5. The number of sulfonamides is 1. The van der Waals surface area contributed by atoms with Gasteiger partial charge in [-0.25, -0.2) is 13.1 Å². The van der Waals surface area contributed by atoms with Crippen molar-refractivity contribution in [1.29, 1.82) is 0 Å². The predicted octanol–water partition coefficient (Wildman–Crippen LogP) is -0.444. The largest absolute Gasteiger partial charge is 0.495 e. The molecule has 0 aliphatic carbocycles. The number of carbonyl (C=O) groups excluding carboxylic acids is 1. The van der Waals surface area contributed by atoms with Crippen molar-refractivity contribution in [2.24, 2.45) is 5.73 Å². The molecular formula is C16H17N7O4S. The number of rotatable bonds is 8. The number of hydrogen-bond acceptors (Lipinski definition) is 8. The molecule has 0 unspecified atom stereocenters. The van der Waals surface area contributed by atoms with E-state index in [2.05, 4.69) is 25.1 Å². The summed E-state index contributed by atoms with van der Waals surface area (Å²) in [7, 11) is -2.64. The Morgan fingerprint density at radius 3 is 2.68 bits per heavy atom. The van der Waals surface area contributed by atoms with E-state index in [4.69, 9.17) is 10.5 Å². The molecule has 11 nitrogen and oxygen atoms in total. The van der Waals surface area contributed by atoms with E-state index in [9.17, 15) is 13.2 Å². The molecule has 0 saturated carbocycles. The number of ether oxygens (including phenoxy) is 1. The summed E-state index contributed by atoms with van der Waals surface area (Å²) >= 11 is 0. The average molecular weight is 403 g/mol. The van der Waals surface area contributed by atoms with Crippen LogP contribution < -0.4 is 15.2 Å². The Morgan fingerprint density at radius 1 is 1.25 bits per heavy atom. The summed E-state index contributed by atoms with van der Waals surface area (Å²) in [4.78, 5) is 16.1. The van der Waals surface area contributed by atoms with Gasteiger partial charge >= 0.3 is 0 Å². The van der Waals surface area contributed by atoms with Crippen molar-refractivity contribution in [1.82, 2.24) is 29.9 Å². The van der Waals surface area contributed by atoms with Crippen LogP contribution in [0.15, 0.2) is 47.6 Å². The van der Waals surface area contributed by atoms with Gasteiger partial charge in [-0.3, -0.25) is 9.78 Å². The topological polar surface area (TPSA) is 155 Å². The van der Waals surface area contributed by atoms with Gasteiger partial charge < -0.3 is 10.5 Å². The molecule has 146 valence electrons. The number of methoxy groups -OCH3 is 1. The summed E-state index contributed by atoms with van der Waals surface area (Å²) in [5, 5.41) is 12.3. The lowest BCUT2D eigenvalue weighted by Crippen LogP contribution is -2.33. The zero-order chi connectivity index (χ0) is 20.1. The maximum absolute atomic E-state index is 12.3. The van der Waals surface area contributed by atoms with Crippen LogP contribution in [0.1, 0.15) is 5.56 Å². The second kappa shape index (κ2) is 8.10. The van der Waals surface area contributed by atoms with Crippen molar-refractivity contribution in [3.63, 3.8) is 0 Å². The first-order valence-electron chi connectivity index (χ1n) is 8.02. The van der Waals surface area contributed by atoms with Gasteiger partial charge in [-0.15, -0.1) is 10.2 Å². The summed E-state index contributed by atoms with van der Waals surface area (Å²) < 4.78 is 31.9. The van der Waals surface area contributed by atoms with Crippen molar-refractivity contribution in [2.75, 3.05) is 13.7 Å². The SMILES string of the molecule is COc1cc(-c2nnn(Cc3ccncc3)n2)ccc1S(=O)(=O)NCC(N)=O. The van der Waals surface area contributed by atoms with Crippen molar-refractivity contribution in [2.45, 2.75) is 11.4 Å². The van der Waals surface area contributed by atoms with E-state index in [-0.39, 0.29) is 10.6 Å². The minimum Gasteiger partial charge on any atom is -0.495 e. The average Bonchev–Trinajstić information content (AvgIpc) is 3.15. The molecule has 0 bridgehead atoms. The molecule has 0 spiro atoms. The standard InChI is InChI=1S/C16H17N7O4S/c1-27-13-8-12(2-3-14(13)28(25,26)19-9-15(17)24)16-20-22-23(21-16)10-11-4-6-18-7-5-11/h2-8,19H,9-10H2,1H3,(H2,17,24). The smallest absolute Gasteiger partial charge is 0.244 e. The Balaban J connectivity index is 1.85. The van der Waals surface area contributed by atoms with Crippen LogP contribution in [0.4, 0.5) is 0 Å². The first kappa shape index (κ1) is 19.4. The van der Waals surface area contributed by atoms with Gasteiger partial charge in [0.1, 0.15) is 10.6 Å². The highest BCUT2D eigenvalue weighted by atomic mass is 32.2. The number of benzene rings is 1. The van der Waals surface area contributed by atoms with E-state index >= 15 is 0 Å². The first-order valence-corrected chi connectivity index (χ1v) is 9.50. The lowest BCUT2D eigenvalue weighted by Gasteiger charge is -2.10. The van der Waals surface area contributed by atoms with E-state index in [1.165, 1.54) is 30.1 Å². The lowest BCUT2D eigenvalue weighted by atomic mass is 10.2. The van der Waals surface area contributed by atoms with Crippen molar-refractivity contribution >= 4 is 15.9 Å². The Kier molecular flexibility index (Phi) is 5.61. The quantitative estimate of drug-likeness (QED) is 0.513. The molecular weight excluding hydrogens is 386 g/mol. The highest BCUT2D eigenvalue weighted by molar-refractivity contribution is 7.89. The number of amides is 1. The van der Waals surface area contributed by atoms with Gasteiger partial charge in [-0.2, -0.15) is 4.80 Å². The van der Waals surface area contributed by atoms with E-state index < -0.39 is 22.5 Å². The van der Waals surface area contributed by atoms with E-state index in [0.717, 1.165) is 5.56 Å². The van der Waals surface area contributed by atoms with Crippen LogP contribution in [-0.4, -0.2) is 53.2 Å². The van der Waals surface area contributed by atoms with Crippen LogP contribution in [0, 0.1) is 0 Å². The molecule has 3 N–H and O–H groups in total. The third-order valence-corrected chi connectivity index (χ3v) is 5.11. The second-order valence-electron chi connectivity index (χ2n) is 5.66. The van der Waals surface area contributed by atoms with Crippen molar-refractivity contribution < 1.29 is 17.9 Å². The van der Waals surface area contributed by atoms with E-state index in [1.54, 1.807) is 12.4 Å². The third kappa shape index (κ3) is 4.47. The zero-order valence-electron chi connectivity index (χ0n) is 14.8. The van der Waals surface area contributed by atoms with E-state index in [1.807, 2.05) is 12.1 Å². The fraction of sp³-hybridized carbons (Fsp3) is 0.188. The van der Waals surface area contributed by atoms with Gasteiger partial charge in [-0.05, 0) is 41.1 Å². The molecule has 0 aliphatic rings. The van der Waals surface area contributed by atoms with Crippen LogP contribution in [0.2, 0.25) is 0 Å². The summed E-state index contributed by atoms with van der Waals surface area (Å²) in [5.74, 6) is -0.421. The van der Waals surface area contributed by atoms with Gasteiger partial charge in [0.25, 0.3) is 0 Å². The molecule has 0 aliphatic heterocycles. The second-order valence-corrected chi connectivity index (χ2v) is 7.39. The number of carbonyl (C=O) groups is 1. The number of primary amides is 1. The number of nitrogens with one attached hydrogen (secondary N) is 1.